The number of nitrogens with zero attached hydrogens (tertiary/aromatic N) is 4. The van der Waals surface area contributed by atoms with Crippen LogP contribution in [0.1, 0.15) is 26.3 Å². The van der Waals surface area contributed by atoms with Gasteiger partial charge < -0.3 is 14.6 Å². The maximum Gasteiger partial charge on any atom is 0.328 e. The fourth-order valence-electron chi connectivity index (χ4n) is 2.36. The van der Waals surface area contributed by atoms with Crippen LogP contribution in [-0.4, -0.2) is 45.5 Å². The topological polar surface area (TPSA) is 99.4 Å². The Morgan fingerprint density at radius 2 is 2.00 bits per heavy atom. The van der Waals surface area contributed by atoms with Crippen molar-refractivity contribution in [1.82, 2.24) is 20.2 Å². The summed E-state index contributed by atoms with van der Waals surface area (Å²) in [7, 11) is 3.08. The number of ether oxygens (including phenoxy) is 2. The molecule has 0 fully saturated rings. The number of methoxy groups -OCH3 is 2. The van der Waals surface area contributed by atoms with Gasteiger partial charge in [-0.2, -0.15) is 0 Å². The molecular formula is C15H20N4O4. The van der Waals surface area contributed by atoms with E-state index in [0.717, 1.165) is 0 Å². The molecule has 0 radical (unpaired) electrons. The van der Waals surface area contributed by atoms with Gasteiger partial charge in [0.1, 0.15) is 0 Å². The molecule has 0 saturated carbocycles. The zero-order valence-electron chi connectivity index (χ0n) is 13.6. The van der Waals surface area contributed by atoms with E-state index in [2.05, 4.69) is 15.5 Å². The van der Waals surface area contributed by atoms with E-state index in [9.17, 15) is 9.90 Å². The highest BCUT2D eigenvalue weighted by Crippen LogP contribution is 2.33. The zero-order chi connectivity index (χ0) is 17.0. The predicted molar refractivity (Wildman–Crippen MR) is 82.5 cm³/mol. The normalized spacial score (nSPS) is 13.4. The minimum absolute atomic E-state index is 0.116. The number of benzene rings is 1. The molecule has 0 bridgehead atoms. The number of tetrazole rings is 1. The van der Waals surface area contributed by atoms with Crippen LogP contribution >= 0.6 is 0 Å². The highest BCUT2D eigenvalue weighted by atomic mass is 16.5. The SMILES string of the molecule is CCC(C)C(C(=O)O)n1nnnc1-c1ccc(OC)c(OC)c1. The van der Waals surface area contributed by atoms with E-state index in [1.54, 1.807) is 25.3 Å². The number of aromatic nitrogens is 4. The van der Waals surface area contributed by atoms with E-state index in [1.807, 2.05) is 13.8 Å². The average molecular weight is 320 g/mol. The van der Waals surface area contributed by atoms with Gasteiger partial charge in [-0.15, -0.1) is 5.10 Å². The van der Waals surface area contributed by atoms with Gasteiger partial charge in [0.05, 0.1) is 14.2 Å². The maximum absolute atomic E-state index is 11.6. The minimum Gasteiger partial charge on any atom is -0.493 e. The van der Waals surface area contributed by atoms with Gasteiger partial charge in [-0.25, -0.2) is 9.48 Å². The number of rotatable bonds is 7. The molecule has 0 amide bonds. The van der Waals surface area contributed by atoms with Crippen molar-refractivity contribution in [2.75, 3.05) is 14.2 Å². The largest absolute Gasteiger partial charge is 0.493 e. The van der Waals surface area contributed by atoms with Gasteiger partial charge in [-0.05, 0) is 34.5 Å². The van der Waals surface area contributed by atoms with E-state index >= 15 is 0 Å². The molecule has 0 aliphatic heterocycles. The number of carboxylic acids is 1. The van der Waals surface area contributed by atoms with Crippen molar-refractivity contribution in [1.29, 1.82) is 0 Å². The lowest BCUT2D eigenvalue weighted by Gasteiger charge is -2.19. The third-order valence-corrected chi connectivity index (χ3v) is 3.83. The Labute approximate surface area is 134 Å². The van der Waals surface area contributed by atoms with Crippen molar-refractivity contribution in [2.45, 2.75) is 26.3 Å². The first kappa shape index (κ1) is 16.7. The van der Waals surface area contributed by atoms with Crippen molar-refractivity contribution < 1.29 is 19.4 Å². The molecule has 1 aromatic carbocycles. The second-order valence-corrected chi connectivity index (χ2v) is 5.19. The van der Waals surface area contributed by atoms with Crippen molar-refractivity contribution in [3.63, 3.8) is 0 Å². The molecule has 23 heavy (non-hydrogen) atoms. The predicted octanol–water partition coefficient (Wildman–Crippen LogP) is 2.03. The van der Waals surface area contributed by atoms with Crippen LogP contribution in [0.15, 0.2) is 18.2 Å². The summed E-state index contributed by atoms with van der Waals surface area (Å²) in [5.41, 5.74) is 0.655. The summed E-state index contributed by atoms with van der Waals surface area (Å²) in [5.74, 6) is 0.392. The van der Waals surface area contributed by atoms with E-state index in [1.165, 1.54) is 11.8 Å². The van der Waals surface area contributed by atoms with Gasteiger partial charge in [-0.1, -0.05) is 20.3 Å². The van der Waals surface area contributed by atoms with E-state index in [4.69, 9.17) is 9.47 Å². The number of aliphatic carboxylic acids is 1. The second kappa shape index (κ2) is 7.08. The number of hydrogen-bond acceptors (Lipinski definition) is 6. The quantitative estimate of drug-likeness (QED) is 0.833. The van der Waals surface area contributed by atoms with Crippen LogP contribution in [0.25, 0.3) is 11.4 Å². The van der Waals surface area contributed by atoms with Crippen LogP contribution in [0, 0.1) is 5.92 Å². The molecule has 2 atom stereocenters. The van der Waals surface area contributed by atoms with Gasteiger partial charge in [-0.3, -0.25) is 0 Å². The molecule has 124 valence electrons. The van der Waals surface area contributed by atoms with Crippen molar-refractivity contribution in [3.8, 4) is 22.9 Å². The van der Waals surface area contributed by atoms with Crippen LogP contribution in [0.2, 0.25) is 0 Å². The van der Waals surface area contributed by atoms with E-state index in [-0.39, 0.29) is 5.92 Å². The summed E-state index contributed by atoms with van der Waals surface area (Å²) in [5, 5.41) is 21.0. The standard InChI is InChI=1S/C15H20N4O4/c1-5-9(2)13(15(20)21)19-14(16-17-18-19)10-6-7-11(22-3)12(8-10)23-4/h6-9,13H,5H2,1-4H3,(H,20,21). The molecule has 1 aromatic heterocycles. The Morgan fingerprint density at radius 1 is 1.30 bits per heavy atom. The zero-order valence-corrected chi connectivity index (χ0v) is 13.6. The summed E-state index contributed by atoms with van der Waals surface area (Å²) in [6, 6.07) is 4.38. The monoisotopic (exact) mass is 320 g/mol. The summed E-state index contributed by atoms with van der Waals surface area (Å²) < 4.78 is 11.8. The third kappa shape index (κ3) is 3.25. The first-order valence-electron chi connectivity index (χ1n) is 7.26. The lowest BCUT2D eigenvalue weighted by Crippen LogP contribution is -2.27. The molecule has 0 spiro atoms. The first-order chi connectivity index (χ1) is 11.0. The fourth-order valence-corrected chi connectivity index (χ4v) is 2.36. The van der Waals surface area contributed by atoms with Crippen LogP contribution in [0.4, 0.5) is 0 Å². The summed E-state index contributed by atoms with van der Waals surface area (Å²) in [4.78, 5) is 11.6. The molecule has 2 unspecified atom stereocenters. The van der Waals surface area contributed by atoms with E-state index < -0.39 is 12.0 Å². The highest BCUT2D eigenvalue weighted by molar-refractivity contribution is 5.73. The van der Waals surface area contributed by atoms with Crippen LogP contribution in [0.3, 0.4) is 0 Å². The molecule has 2 rings (SSSR count). The smallest absolute Gasteiger partial charge is 0.328 e. The molecule has 0 aliphatic carbocycles. The van der Waals surface area contributed by atoms with Gasteiger partial charge in [0.15, 0.2) is 23.4 Å². The van der Waals surface area contributed by atoms with Gasteiger partial charge in [0.25, 0.3) is 0 Å². The lowest BCUT2D eigenvalue weighted by atomic mass is 9.99. The van der Waals surface area contributed by atoms with Gasteiger partial charge in [0.2, 0.25) is 0 Å². The Hall–Kier alpha value is -2.64. The molecule has 1 heterocycles. The maximum atomic E-state index is 11.6. The molecule has 8 heteroatoms. The Bertz CT molecular complexity index is 686. The minimum atomic E-state index is -0.964. The Balaban J connectivity index is 2.50. The Kier molecular flexibility index (Phi) is 5.15. The van der Waals surface area contributed by atoms with E-state index in [0.29, 0.717) is 29.3 Å². The number of carbonyl (C=O) groups is 1. The molecule has 1 N–H and O–H groups in total. The molecular weight excluding hydrogens is 300 g/mol. The highest BCUT2D eigenvalue weighted by Gasteiger charge is 2.30. The summed E-state index contributed by atoms with van der Waals surface area (Å²) in [6.45, 7) is 3.79. The average Bonchev–Trinajstić information content (AvgIpc) is 3.02. The summed E-state index contributed by atoms with van der Waals surface area (Å²) >= 11 is 0. The number of carboxylic acid groups (broad SMARTS) is 1. The lowest BCUT2D eigenvalue weighted by molar-refractivity contribution is -0.142. The molecule has 8 nitrogen and oxygen atoms in total. The van der Waals surface area contributed by atoms with Crippen molar-refractivity contribution in [3.05, 3.63) is 18.2 Å². The fraction of sp³-hybridized carbons (Fsp3) is 0.467. The molecule has 0 aliphatic rings. The Morgan fingerprint density at radius 3 is 2.57 bits per heavy atom. The van der Waals surface area contributed by atoms with Gasteiger partial charge in [0, 0.05) is 5.56 Å². The van der Waals surface area contributed by atoms with Gasteiger partial charge >= 0.3 is 5.97 Å². The van der Waals surface area contributed by atoms with Crippen LogP contribution in [-0.2, 0) is 4.79 Å². The first-order valence-corrected chi connectivity index (χ1v) is 7.26. The summed E-state index contributed by atoms with van der Waals surface area (Å²) in [6.07, 6.45) is 0.697. The molecule has 0 saturated heterocycles. The van der Waals surface area contributed by atoms with Crippen molar-refractivity contribution >= 4 is 5.97 Å². The second-order valence-electron chi connectivity index (χ2n) is 5.19. The van der Waals surface area contributed by atoms with Crippen LogP contribution < -0.4 is 9.47 Å². The van der Waals surface area contributed by atoms with Crippen molar-refractivity contribution in [2.24, 2.45) is 5.92 Å². The van der Waals surface area contributed by atoms with Crippen LogP contribution in [0.5, 0.6) is 11.5 Å². The number of hydrogen-bond donors (Lipinski definition) is 1. The molecule has 2 aromatic rings. The third-order valence-electron chi connectivity index (χ3n) is 3.83.